The molecule has 0 spiro atoms. The van der Waals surface area contributed by atoms with Gasteiger partial charge in [0.1, 0.15) is 6.10 Å². The highest BCUT2D eigenvalue weighted by atomic mass is 16.3. The maximum Gasteiger partial charge on any atom is 0.158 e. The molecule has 4 rings (SSSR count). The number of carbonyl (C=O) groups excluding carboxylic acids is 1. The number of rotatable bonds is 7. The van der Waals surface area contributed by atoms with Gasteiger partial charge < -0.3 is 5.11 Å². The second kappa shape index (κ2) is 9.11. The lowest BCUT2D eigenvalue weighted by atomic mass is 9.44. The molecule has 0 radical (unpaired) electrons. The summed E-state index contributed by atoms with van der Waals surface area (Å²) in [6.07, 6.45) is 17.5. The van der Waals surface area contributed by atoms with Gasteiger partial charge in [-0.3, -0.25) is 4.79 Å². The molecule has 0 aromatic heterocycles. The molecule has 0 aliphatic heterocycles. The number of aliphatic hydroxyl groups is 1. The van der Waals surface area contributed by atoms with Gasteiger partial charge in [0.25, 0.3) is 0 Å². The van der Waals surface area contributed by atoms with Gasteiger partial charge in [0.15, 0.2) is 5.78 Å². The van der Waals surface area contributed by atoms with Gasteiger partial charge in [-0.2, -0.15) is 0 Å². The minimum Gasteiger partial charge on any atom is -0.385 e. The van der Waals surface area contributed by atoms with E-state index < -0.39 is 6.10 Å². The van der Waals surface area contributed by atoms with Crippen LogP contribution >= 0.6 is 0 Å². The van der Waals surface area contributed by atoms with Crippen LogP contribution in [0.4, 0.5) is 0 Å². The number of carbonyl (C=O) groups is 1. The molecule has 4 aliphatic carbocycles. The molecule has 0 amide bonds. The first-order chi connectivity index (χ1) is 14.7. The Kier molecular flexibility index (Phi) is 6.99. The van der Waals surface area contributed by atoms with Crippen molar-refractivity contribution < 1.29 is 9.90 Å². The van der Waals surface area contributed by atoms with E-state index in [2.05, 4.69) is 20.8 Å². The number of hydrogen-bond acceptors (Lipinski definition) is 2. The summed E-state index contributed by atoms with van der Waals surface area (Å²) >= 11 is 0. The Morgan fingerprint density at radius 1 is 0.903 bits per heavy atom. The van der Waals surface area contributed by atoms with Crippen molar-refractivity contribution in [2.24, 2.45) is 52.3 Å². The van der Waals surface area contributed by atoms with Gasteiger partial charge in [0, 0.05) is 0 Å². The van der Waals surface area contributed by atoms with Crippen molar-refractivity contribution in [1.29, 1.82) is 0 Å². The Morgan fingerprint density at radius 3 is 2.39 bits per heavy atom. The lowest BCUT2D eigenvalue weighted by Gasteiger charge is -2.61. The number of fused-ring (bicyclic) bond motifs is 5. The van der Waals surface area contributed by atoms with Crippen LogP contribution < -0.4 is 0 Å². The number of ketones is 1. The minimum absolute atomic E-state index is 0.0789. The van der Waals surface area contributed by atoms with E-state index in [1.165, 1.54) is 77.6 Å². The summed E-state index contributed by atoms with van der Waals surface area (Å²) in [6, 6.07) is 0. The quantitative estimate of drug-likeness (QED) is 0.456. The van der Waals surface area contributed by atoms with Crippen molar-refractivity contribution in [1.82, 2.24) is 0 Å². The van der Waals surface area contributed by atoms with Gasteiger partial charge in [-0.15, -0.1) is 0 Å². The maximum atomic E-state index is 11.5. The van der Waals surface area contributed by atoms with Gasteiger partial charge in [-0.05, 0) is 117 Å². The third-order valence-corrected chi connectivity index (χ3v) is 11.6. The molecule has 0 bridgehead atoms. The van der Waals surface area contributed by atoms with Crippen LogP contribution in [0, 0.1) is 52.3 Å². The monoisotopic (exact) mass is 430 g/mol. The van der Waals surface area contributed by atoms with E-state index in [1.54, 1.807) is 0 Å². The smallest absolute Gasteiger partial charge is 0.158 e. The molecule has 0 aromatic carbocycles. The molecule has 2 heteroatoms. The van der Waals surface area contributed by atoms with Crippen molar-refractivity contribution in [2.75, 3.05) is 0 Å². The van der Waals surface area contributed by atoms with Crippen molar-refractivity contribution in [3.05, 3.63) is 0 Å². The Bertz CT molecular complexity index is 643. The fraction of sp³-hybridized carbons (Fsp3) is 0.966. The van der Waals surface area contributed by atoms with Gasteiger partial charge >= 0.3 is 0 Å². The molecule has 31 heavy (non-hydrogen) atoms. The summed E-state index contributed by atoms with van der Waals surface area (Å²) in [5.41, 5.74) is 1.21. The SMILES string of the molecule is CC(=O)C(O)C(C)CCC[C@@H](C)[C@H]1CC[C@H]2[C@@H]3CCC4CCCC[C@]4(C)[C@H]3CC[C@]12C. The first-order valence-corrected chi connectivity index (χ1v) is 13.9. The Morgan fingerprint density at radius 2 is 1.65 bits per heavy atom. The number of hydrogen-bond donors (Lipinski definition) is 1. The Hall–Kier alpha value is -0.370. The summed E-state index contributed by atoms with van der Waals surface area (Å²) in [7, 11) is 0. The minimum atomic E-state index is -0.768. The van der Waals surface area contributed by atoms with Crippen molar-refractivity contribution in [3.63, 3.8) is 0 Å². The van der Waals surface area contributed by atoms with Crippen LogP contribution in [-0.4, -0.2) is 17.0 Å². The second-order valence-corrected chi connectivity index (χ2v) is 13.1. The van der Waals surface area contributed by atoms with E-state index in [-0.39, 0.29) is 11.7 Å². The largest absolute Gasteiger partial charge is 0.385 e. The third-order valence-electron chi connectivity index (χ3n) is 11.6. The lowest BCUT2D eigenvalue weighted by Crippen LogP contribution is -2.53. The van der Waals surface area contributed by atoms with Gasteiger partial charge in [-0.25, -0.2) is 0 Å². The first-order valence-electron chi connectivity index (χ1n) is 13.9. The van der Waals surface area contributed by atoms with Crippen LogP contribution in [-0.2, 0) is 4.79 Å². The van der Waals surface area contributed by atoms with Gasteiger partial charge in [-0.1, -0.05) is 53.4 Å². The molecule has 0 heterocycles. The van der Waals surface area contributed by atoms with Crippen LogP contribution in [0.25, 0.3) is 0 Å². The van der Waals surface area contributed by atoms with Crippen LogP contribution in [0.15, 0.2) is 0 Å². The molecular formula is C29H50O2. The summed E-state index contributed by atoms with van der Waals surface area (Å²) < 4.78 is 0. The molecule has 2 nitrogen and oxygen atoms in total. The standard InChI is InChI=1S/C29H50O2/c1-19(9-8-10-20(2)27(31)21(3)30)24-14-15-25-23-13-12-22-11-6-7-17-28(22,4)26(23)16-18-29(24,25)5/h19-20,22-27,31H,6-18H2,1-5H3/t19-,20?,22?,23+,24-,25+,26+,27?,28+,29-/m1/s1. The lowest BCUT2D eigenvalue weighted by molar-refractivity contribution is -0.127. The van der Waals surface area contributed by atoms with Crippen molar-refractivity contribution in [3.8, 4) is 0 Å². The van der Waals surface area contributed by atoms with Gasteiger partial charge in [0.2, 0.25) is 0 Å². The molecule has 4 aliphatic rings. The zero-order valence-corrected chi connectivity index (χ0v) is 21.2. The van der Waals surface area contributed by atoms with Crippen molar-refractivity contribution >= 4 is 5.78 Å². The van der Waals surface area contributed by atoms with Crippen molar-refractivity contribution in [2.45, 2.75) is 124 Å². The second-order valence-electron chi connectivity index (χ2n) is 13.1. The Labute approximate surface area is 192 Å². The fourth-order valence-corrected chi connectivity index (χ4v) is 9.79. The average Bonchev–Trinajstić information content (AvgIpc) is 3.09. The summed E-state index contributed by atoms with van der Waals surface area (Å²) in [5, 5.41) is 10.0. The molecule has 178 valence electrons. The molecule has 0 aromatic rings. The first kappa shape index (κ1) is 23.8. The number of aliphatic hydroxyl groups excluding tert-OH is 1. The Balaban J connectivity index is 1.38. The molecule has 10 atom stereocenters. The van der Waals surface area contributed by atoms with E-state index in [4.69, 9.17) is 0 Å². The summed E-state index contributed by atoms with van der Waals surface area (Å²) in [5.74, 6) is 5.67. The van der Waals surface area contributed by atoms with Crippen LogP contribution in [0.1, 0.15) is 118 Å². The number of Topliss-reactive ketones (excluding diaryl/α,β-unsaturated/α-hetero) is 1. The predicted octanol–water partition coefficient (Wildman–Crippen LogP) is 7.43. The average molecular weight is 431 g/mol. The normalized spacial score (nSPS) is 45.2. The molecule has 0 saturated heterocycles. The molecule has 4 fully saturated rings. The van der Waals surface area contributed by atoms with E-state index in [0.717, 1.165) is 48.3 Å². The van der Waals surface area contributed by atoms with E-state index in [0.29, 0.717) is 10.8 Å². The zero-order valence-electron chi connectivity index (χ0n) is 21.2. The summed E-state index contributed by atoms with van der Waals surface area (Å²) in [4.78, 5) is 11.5. The molecular weight excluding hydrogens is 380 g/mol. The zero-order chi connectivity index (χ0) is 22.4. The predicted molar refractivity (Wildman–Crippen MR) is 129 cm³/mol. The molecule has 3 unspecified atom stereocenters. The maximum absolute atomic E-state index is 11.5. The highest BCUT2D eigenvalue weighted by Gasteiger charge is 2.60. The fourth-order valence-electron chi connectivity index (χ4n) is 9.79. The highest BCUT2D eigenvalue weighted by Crippen LogP contribution is 2.68. The van der Waals surface area contributed by atoms with E-state index in [1.807, 2.05) is 6.92 Å². The van der Waals surface area contributed by atoms with E-state index in [9.17, 15) is 9.90 Å². The molecule has 4 saturated carbocycles. The molecule has 1 N–H and O–H groups in total. The summed E-state index contributed by atoms with van der Waals surface area (Å²) in [6.45, 7) is 11.4. The topological polar surface area (TPSA) is 37.3 Å². The van der Waals surface area contributed by atoms with E-state index >= 15 is 0 Å². The van der Waals surface area contributed by atoms with Crippen LogP contribution in [0.2, 0.25) is 0 Å². The highest BCUT2D eigenvalue weighted by molar-refractivity contribution is 5.80. The van der Waals surface area contributed by atoms with Crippen LogP contribution in [0.5, 0.6) is 0 Å². The van der Waals surface area contributed by atoms with Crippen LogP contribution in [0.3, 0.4) is 0 Å². The van der Waals surface area contributed by atoms with Gasteiger partial charge in [0.05, 0.1) is 0 Å². The third kappa shape index (κ3) is 4.17.